The summed E-state index contributed by atoms with van der Waals surface area (Å²) in [5.41, 5.74) is 0. The summed E-state index contributed by atoms with van der Waals surface area (Å²) in [7, 11) is 0. The Hall–Kier alpha value is -0.740. The summed E-state index contributed by atoms with van der Waals surface area (Å²) in [5, 5.41) is 18.8. The van der Waals surface area contributed by atoms with E-state index >= 15 is 0 Å². The minimum Gasteiger partial charge on any atom is -0.390 e. The lowest BCUT2D eigenvalue weighted by Gasteiger charge is -2.37. The standard InChI is InChI=1S/C10H14O4/c11-7-1-2-8(12)6-4-10(14)9(13)3-5(6)7/h5-6,9-10,13-14H,1-4H2. The fourth-order valence-electron chi connectivity index (χ4n) is 2.49. The number of Topliss-reactive ketones (excluding diaryl/α,β-unsaturated/α-hetero) is 2. The van der Waals surface area contributed by atoms with Crippen molar-refractivity contribution in [1.82, 2.24) is 0 Å². The molecule has 2 fully saturated rings. The van der Waals surface area contributed by atoms with Crippen molar-refractivity contribution >= 4 is 11.6 Å². The van der Waals surface area contributed by atoms with Gasteiger partial charge in [0, 0.05) is 24.7 Å². The van der Waals surface area contributed by atoms with Gasteiger partial charge in [-0.05, 0) is 12.8 Å². The zero-order valence-electron chi connectivity index (χ0n) is 7.85. The molecule has 2 aliphatic carbocycles. The van der Waals surface area contributed by atoms with Crippen molar-refractivity contribution in [3.8, 4) is 0 Å². The molecule has 0 radical (unpaired) electrons. The lowest BCUT2D eigenvalue weighted by molar-refractivity contribution is -0.146. The Kier molecular flexibility index (Phi) is 2.41. The largest absolute Gasteiger partial charge is 0.390 e. The van der Waals surface area contributed by atoms with Crippen LogP contribution in [0.15, 0.2) is 0 Å². The molecule has 0 aliphatic heterocycles. The molecule has 14 heavy (non-hydrogen) atoms. The Morgan fingerprint density at radius 2 is 1.21 bits per heavy atom. The van der Waals surface area contributed by atoms with Crippen LogP contribution in [0.1, 0.15) is 25.7 Å². The van der Waals surface area contributed by atoms with Gasteiger partial charge in [-0.2, -0.15) is 0 Å². The number of carbonyl (C=O) groups excluding carboxylic acids is 2. The summed E-state index contributed by atoms with van der Waals surface area (Å²) in [6.45, 7) is 0. The van der Waals surface area contributed by atoms with E-state index in [4.69, 9.17) is 0 Å². The van der Waals surface area contributed by atoms with Crippen LogP contribution in [0.25, 0.3) is 0 Å². The molecule has 0 saturated heterocycles. The number of aliphatic hydroxyl groups excluding tert-OH is 2. The van der Waals surface area contributed by atoms with Crippen molar-refractivity contribution < 1.29 is 19.8 Å². The topological polar surface area (TPSA) is 74.6 Å². The Morgan fingerprint density at radius 1 is 0.857 bits per heavy atom. The maximum Gasteiger partial charge on any atom is 0.137 e. The highest BCUT2D eigenvalue weighted by molar-refractivity contribution is 5.96. The van der Waals surface area contributed by atoms with Gasteiger partial charge in [0.05, 0.1) is 12.2 Å². The van der Waals surface area contributed by atoms with Crippen LogP contribution in [0.2, 0.25) is 0 Å². The molecular formula is C10H14O4. The SMILES string of the molecule is O=C1CCC(=O)C2CC(O)C(O)CC12. The first kappa shape index (κ1) is 9.80. The van der Waals surface area contributed by atoms with Gasteiger partial charge in [0.25, 0.3) is 0 Å². The minimum absolute atomic E-state index is 0.0700. The molecule has 0 aromatic heterocycles. The van der Waals surface area contributed by atoms with Crippen LogP contribution in [0, 0.1) is 11.8 Å². The van der Waals surface area contributed by atoms with Crippen LogP contribution < -0.4 is 0 Å². The van der Waals surface area contributed by atoms with Crippen LogP contribution >= 0.6 is 0 Å². The van der Waals surface area contributed by atoms with Crippen molar-refractivity contribution in [1.29, 1.82) is 0 Å². The Bertz CT molecular complexity index is 245. The second-order valence-electron chi connectivity index (χ2n) is 4.25. The summed E-state index contributed by atoms with van der Waals surface area (Å²) < 4.78 is 0. The Labute approximate surface area is 81.9 Å². The van der Waals surface area contributed by atoms with Crippen molar-refractivity contribution in [3.05, 3.63) is 0 Å². The second kappa shape index (κ2) is 3.44. The number of carbonyl (C=O) groups is 2. The van der Waals surface area contributed by atoms with Gasteiger partial charge in [0.2, 0.25) is 0 Å². The monoisotopic (exact) mass is 198 g/mol. The first-order chi connectivity index (χ1) is 6.59. The van der Waals surface area contributed by atoms with E-state index in [2.05, 4.69) is 0 Å². The molecule has 4 atom stereocenters. The van der Waals surface area contributed by atoms with E-state index in [1.165, 1.54) is 0 Å². The van der Waals surface area contributed by atoms with Gasteiger partial charge in [-0.3, -0.25) is 9.59 Å². The predicted molar refractivity (Wildman–Crippen MR) is 47.5 cm³/mol. The molecule has 4 unspecified atom stereocenters. The quantitative estimate of drug-likeness (QED) is 0.558. The van der Waals surface area contributed by atoms with E-state index in [0.717, 1.165) is 0 Å². The number of aliphatic hydroxyl groups is 2. The molecular weight excluding hydrogens is 184 g/mol. The van der Waals surface area contributed by atoms with Gasteiger partial charge in [-0.15, -0.1) is 0 Å². The summed E-state index contributed by atoms with van der Waals surface area (Å²) in [6.07, 6.45) is -0.574. The van der Waals surface area contributed by atoms with Crippen molar-refractivity contribution in [2.75, 3.05) is 0 Å². The minimum atomic E-state index is -0.842. The van der Waals surface area contributed by atoms with E-state index in [9.17, 15) is 19.8 Å². The van der Waals surface area contributed by atoms with E-state index in [0.29, 0.717) is 12.8 Å². The highest BCUT2D eigenvalue weighted by Crippen LogP contribution is 2.36. The van der Waals surface area contributed by atoms with Crippen molar-refractivity contribution in [3.63, 3.8) is 0 Å². The van der Waals surface area contributed by atoms with Gasteiger partial charge in [-0.1, -0.05) is 0 Å². The van der Waals surface area contributed by atoms with E-state index in [-0.39, 0.29) is 36.2 Å². The summed E-state index contributed by atoms with van der Waals surface area (Å²) in [5.74, 6) is -0.537. The molecule has 0 amide bonds. The molecule has 4 nitrogen and oxygen atoms in total. The molecule has 2 rings (SSSR count). The highest BCUT2D eigenvalue weighted by atomic mass is 16.3. The van der Waals surface area contributed by atoms with Crippen LogP contribution in [-0.4, -0.2) is 34.0 Å². The average Bonchev–Trinajstić information content (AvgIpc) is 2.15. The molecule has 78 valence electrons. The third kappa shape index (κ3) is 1.48. The molecule has 0 bridgehead atoms. The second-order valence-corrected chi connectivity index (χ2v) is 4.25. The van der Waals surface area contributed by atoms with Crippen LogP contribution in [0.4, 0.5) is 0 Å². The molecule has 0 spiro atoms. The molecule has 0 aromatic rings. The van der Waals surface area contributed by atoms with Gasteiger partial charge < -0.3 is 10.2 Å². The number of hydrogen-bond donors (Lipinski definition) is 2. The number of fused-ring (bicyclic) bond motifs is 1. The first-order valence-electron chi connectivity index (χ1n) is 5.01. The lowest BCUT2D eigenvalue weighted by Crippen LogP contribution is -2.47. The van der Waals surface area contributed by atoms with E-state index in [1.807, 2.05) is 0 Å². The zero-order chi connectivity index (χ0) is 10.3. The fourth-order valence-corrected chi connectivity index (χ4v) is 2.49. The van der Waals surface area contributed by atoms with E-state index < -0.39 is 12.2 Å². The number of rotatable bonds is 0. The summed E-state index contributed by atoms with van der Waals surface area (Å²) in [6, 6.07) is 0. The summed E-state index contributed by atoms with van der Waals surface area (Å²) in [4.78, 5) is 23.0. The fraction of sp³-hybridized carbons (Fsp3) is 0.800. The average molecular weight is 198 g/mol. The molecule has 2 N–H and O–H groups in total. The van der Waals surface area contributed by atoms with Crippen molar-refractivity contribution in [2.24, 2.45) is 11.8 Å². The number of ketones is 2. The normalized spacial score (nSPS) is 43.6. The van der Waals surface area contributed by atoms with Crippen LogP contribution in [0.3, 0.4) is 0 Å². The molecule has 2 aliphatic rings. The highest BCUT2D eigenvalue weighted by Gasteiger charge is 2.44. The zero-order valence-corrected chi connectivity index (χ0v) is 7.85. The van der Waals surface area contributed by atoms with Crippen LogP contribution in [0.5, 0.6) is 0 Å². The van der Waals surface area contributed by atoms with Crippen LogP contribution in [-0.2, 0) is 9.59 Å². The predicted octanol–water partition coefficient (Wildman–Crippen LogP) is -0.334. The molecule has 2 saturated carbocycles. The Morgan fingerprint density at radius 3 is 1.57 bits per heavy atom. The van der Waals surface area contributed by atoms with E-state index in [1.54, 1.807) is 0 Å². The maximum atomic E-state index is 11.5. The third-order valence-corrected chi connectivity index (χ3v) is 3.37. The van der Waals surface area contributed by atoms with Crippen molar-refractivity contribution in [2.45, 2.75) is 37.9 Å². The van der Waals surface area contributed by atoms with Gasteiger partial charge in [0.15, 0.2) is 0 Å². The lowest BCUT2D eigenvalue weighted by atomic mass is 9.68. The molecule has 4 heteroatoms. The Balaban J connectivity index is 2.18. The molecule has 0 aromatic carbocycles. The molecule has 0 heterocycles. The number of hydrogen-bond acceptors (Lipinski definition) is 4. The smallest absolute Gasteiger partial charge is 0.137 e. The first-order valence-corrected chi connectivity index (χ1v) is 5.01. The maximum absolute atomic E-state index is 11.5. The third-order valence-electron chi connectivity index (χ3n) is 3.37. The van der Waals surface area contributed by atoms with Gasteiger partial charge >= 0.3 is 0 Å². The van der Waals surface area contributed by atoms with Gasteiger partial charge in [-0.25, -0.2) is 0 Å². The summed E-state index contributed by atoms with van der Waals surface area (Å²) >= 11 is 0. The van der Waals surface area contributed by atoms with Gasteiger partial charge in [0.1, 0.15) is 11.6 Å².